The third kappa shape index (κ3) is 3.40. The van der Waals surface area contributed by atoms with Crippen molar-refractivity contribution in [2.45, 2.75) is 33.2 Å². The van der Waals surface area contributed by atoms with E-state index in [4.69, 9.17) is 4.52 Å². The van der Waals surface area contributed by atoms with E-state index in [1.165, 1.54) is 11.1 Å². The van der Waals surface area contributed by atoms with E-state index < -0.39 is 0 Å². The second-order valence-corrected chi connectivity index (χ2v) is 4.38. The minimum Gasteiger partial charge on any atom is -0.338 e. The highest BCUT2D eigenvalue weighted by Gasteiger charge is 2.07. The molecule has 0 radical (unpaired) electrons. The minimum absolute atomic E-state index is 0.647. The van der Waals surface area contributed by atoms with Gasteiger partial charge in [0.15, 0.2) is 5.82 Å². The monoisotopic (exact) mass is 245 g/mol. The summed E-state index contributed by atoms with van der Waals surface area (Å²) in [5, 5.41) is 7.25. The Bertz CT molecular complexity index is 493. The summed E-state index contributed by atoms with van der Waals surface area (Å²) >= 11 is 0. The molecular weight excluding hydrogens is 226 g/mol. The van der Waals surface area contributed by atoms with E-state index in [-0.39, 0.29) is 0 Å². The van der Waals surface area contributed by atoms with Gasteiger partial charge in [0.1, 0.15) is 0 Å². The molecule has 0 saturated carbocycles. The van der Waals surface area contributed by atoms with Crippen LogP contribution in [0.25, 0.3) is 0 Å². The van der Waals surface area contributed by atoms with Gasteiger partial charge < -0.3 is 9.84 Å². The molecule has 2 aromatic rings. The van der Waals surface area contributed by atoms with Crippen LogP contribution in [0.2, 0.25) is 0 Å². The molecule has 0 saturated heterocycles. The van der Waals surface area contributed by atoms with Crippen LogP contribution in [0, 0.1) is 6.92 Å². The van der Waals surface area contributed by atoms with Gasteiger partial charge in [-0.25, -0.2) is 0 Å². The lowest BCUT2D eigenvalue weighted by Gasteiger charge is -2.00. The topological polar surface area (TPSA) is 51.0 Å². The molecule has 1 aromatic heterocycles. The molecule has 0 atom stereocenters. The largest absolute Gasteiger partial charge is 0.338 e. The van der Waals surface area contributed by atoms with E-state index in [1.54, 1.807) is 0 Å². The average molecular weight is 245 g/mol. The van der Waals surface area contributed by atoms with E-state index in [2.05, 4.69) is 41.4 Å². The first kappa shape index (κ1) is 12.8. The number of hydrogen-bond acceptors (Lipinski definition) is 4. The third-order valence-electron chi connectivity index (χ3n) is 2.82. The van der Waals surface area contributed by atoms with Crippen LogP contribution in [0.3, 0.4) is 0 Å². The van der Waals surface area contributed by atoms with Gasteiger partial charge in [-0.3, -0.25) is 0 Å². The maximum atomic E-state index is 5.20. The van der Waals surface area contributed by atoms with Crippen LogP contribution >= 0.6 is 0 Å². The van der Waals surface area contributed by atoms with Gasteiger partial charge in [0.2, 0.25) is 5.89 Å². The third-order valence-corrected chi connectivity index (χ3v) is 2.82. The summed E-state index contributed by atoms with van der Waals surface area (Å²) in [6.45, 7) is 5.84. The number of aryl methyl sites for hydroxylation is 1. The van der Waals surface area contributed by atoms with Crippen molar-refractivity contribution in [3.8, 4) is 0 Å². The molecular formula is C14H19N3O. The van der Waals surface area contributed by atoms with Crippen molar-refractivity contribution in [1.82, 2.24) is 15.5 Å². The molecule has 1 heterocycles. The van der Waals surface area contributed by atoms with Crippen LogP contribution in [0.15, 0.2) is 28.8 Å². The molecule has 0 amide bonds. The van der Waals surface area contributed by atoms with Gasteiger partial charge in [0.05, 0.1) is 6.54 Å². The second-order valence-electron chi connectivity index (χ2n) is 4.38. The van der Waals surface area contributed by atoms with Gasteiger partial charge in [-0.2, -0.15) is 4.98 Å². The molecule has 18 heavy (non-hydrogen) atoms. The van der Waals surface area contributed by atoms with Crippen LogP contribution < -0.4 is 5.32 Å². The Morgan fingerprint density at radius 2 is 2.11 bits per heavy atom. The average Bonchev–Trinajstić information content (AvgIpc) is 2.80. The van der Waals surface area contributed by atoms with E-state index in [9.17, 15) is 0 Å². The van der Waals surface area contributed by atoms with Crippen LogP contribution in [-0.4, -0.2) is 16.7 Å². The Balaban J connectivity index is 1.96. The Labute approximate surface area is 107 Å². The van der Waals surface area contributed by atoms with E-state index in [0.29, 0.717) is 12.4 Å². The SMILES string of the molecule is CCCNCc1nc(Cc2ccccc2C)no1. The molecule has 4 nitrogen and oxygen atoms in total. The molecule has 4 heteroatoms. The Morgan fingerprint density at radius 1 is 1.28 bits per heavy atom. The Kier molecular flexibility index (Phi) is 4.47. The smallest absolute Gasteiger partial charge is 0.240 e. The van der Waals surface area contributed by atoms with Crippen molar-refractivity contribution in [2.24, 2.45) is 0 Å². The highest BCUT2D eigenvalue weighted by molar-refractivity contribution is 5.27. The van der Waals surface area contributed by atoms with Crippen LogP contribution in [0.4, 0.5) is 0 Å². The van der Waals surface area contributed by atoms with Gasteiger partial charge >= 0.3 is 0 Å². The number of benzene rings is 1. The first-order chi connectivity index (χ1) is 8.79. The standard InChI is InChI=1S/C14H19N3O/c1-3-8-15-10-14-16-13(17-18-14)9-12-7-5-4-6-11(12)2/h4-7,15H,3,8-10H2,1-2H3. The molecule has 96 valence electrons. The zero-order valence-electron chi connectivity index (χ0n) is 10.9. The maximum Gasteiger partial charge on any atom is 0.240 e. The molecule has 0 bridgehead atoms. The highest BCUT2D eigenvalue weighted by Crippen LogP contribution is 2.11. The van der Waals surface area contributed by atoms with Crippen molar-refractivity contribution in [1.29, 1.82) is 0 Å². The van der Waals surface area contributed by atoms with Gasteiger partial charge in [-0.1, -0.05) is 36.3 Å². The molecule has 0 aliphatic carbocycles. The van der Waals surface area contributed by atoms with Crippen molar-refractivity contribution in [2.75, 3.05) is 6.54 Å². The van der Waals surface area contributed by atoms with Crippen molar-refractivity contribution < 1.29 is 4.52 Å². The fourth-order valence-electron chi connectivity index (χ4n) is 1.78. The maximum absolute atomic E-state index is 5.20. The lowest BCUT2D eigenvalue weighted by molar-refractivity contribution is 0.363. The molecule has 0 spiro atoms. The van der Waals surface area contributed by atoms with Crippen molar-refractivity contribution in [3.05, 3.63) is 47.1 Å². The molecule has 1 aromatic carbocycles. The van der Waals surface area contributed by atoms with Crippen LogP contribution in [0.5, 0.6) is 0 Å². The van der Waals surface area contributed by atoms with Crippen molar-refractivity contribution in [3.63, 3.8) is 0 Å². The zero-order valence-corrected chi connectivity index (χ0v) is 10.9. The van der Waals surface area contributed by atoms with Gasteiger partial charge in [0, 0.05) is 6.42 Å². The lowest BCUT2D eigenvalue weighted by atomic mass is 10.1. The second kappa shape index (κ2) is 6.31. The Hall–Kier alpha value is -1.68. The zero-order chi connectivity index (χ0) is 12.8. The number of rotatable bonds is 6. The van der Waals surface area contributed by atoms with E-state index >= 15 is 0 Å². The molecule has 0 unspecified atom stereocenters. The fourth-order valence-corrected chi connectivity index (χ4v) is 1.78. The first-order valence-corrected chi connectivity index (χ1v) is 6.36. The molecule has 0 aliphatic rings. The van der Waals surface area contributed by atoms with Crippen LogP contribution in [0.1, 0.15) is 36.2 Å². The molecule has 2 rings (SSSR count). The quantitative estimate of drug-likeness (QED) is 0.794. The van der Waals surface area contributed by atoms with Gasteiger partial charge in [-0.15, -0.1) is 0 Å². The summed E-state index contributed by atoms with van der Waals surface area (Å²) in [6, 6.07) is 8.26. The lowest BCUT2D eigenvalue weighted by Crippen LogP contribution is -2.13. The number of aromatic nitrogens is 2. The molecule has 0 aliphatic heterocycles. The Morgan fingerprint density at radius 3 is 2.89 bits per heavy atom. The minimum atomic E-state index is 0.647. The predicted molar refractivity (Wildman–Crippen MR) is 70.3 cm³/mol. The summed E-state index contributed by atoms with van der Waals surface area (Å²) in [5.41, 5.74) is 2.50. The van der Waals surface area contributed by atoms with Gasteiger partial charge in [-0.05, 0) is 31.0 Å². The summed E-state index contributed by atoms with van der Waals surface area (Å²) < 4.78 is 5.20. The van der Waals surface area contributed by atoms with Gasteiger partial charge in [0.25, 0.3) is 0 Å². The predicted octanol–water partition coefficient (Wildman–Crippen LogP) is 2.47. The summed E-state index contributed by atoms with van der Waals surface area (Å²) in [7, 11) is 0. The van der Waals surface area contributed by atoms with E-state index in [1.807, 2.05) is 12.1 Å². The number of nitrogens with zero attached hydrogens (tertiary/aromatic N) is 2. The fraction of sp³-hybridized carbons (Fsp3) is 0.429. The van der Waals surface area contributed by atoms with Crippen molar-refractivity contribution >= 4 is 0 Å². The van der Waals surface area contributed by atoms with E-state index in [0.717, 1.165) is 25.2 Å². The highest BCUT2D eigenvalue weighted by atomic mass is 16.5. The number of hydrogen-bond donors (Lipinski definition) is 1. The molecule has 1 N–H and O–H groups in total. The summed E-state index contributed by atoms with van der Waals surface area (Å²) in [4.78, 5) is 4.38. The number of nitrogens with one attached hydrogen (secondary N) is 1. The molecule has 0 fully saturated rings. The first-order valence-electron chi connectivity index (χ1n) is 6.36. The summed E-state index contributed by atoms with van der Waals surface area (Å²) in [6.07, 6.45) is 1.83. The summed E-state index contributed by atoms with van der Waals surface area (Å²) in [5.74, 6) is 1.41. The normalized spacial score (nSPS) is 10.8. The van der Waals surface area contributed by atoms with Crippen LogP contribution in [-0.2, 0) is 13.0 Å².